The van der Waals surface area contributed by atoms with Crippen LogP contribution in [-0.4, -0.2) is 20.9 Å². The minimum Gasteiger partial charge on any atom is -0.502 e. The van der Waals surface area contributed by atoms with Gasteiger partial charge in [0.1, 0.15) is 0 Å². The summed E-state index contributed by atoms with van der Waals surface area (Å²) in [5.41, 5.74) is 0.878. The fourth-order valence-electron chi connectivity index (χ4n) is 2.43. The molecule has 1 aliphatic rings. The van der Waals surface area contributed by atoms with Gasteiger partial charge >= 0.3 is 5.69 Å². The molecule has 7 nitrogen and oxygen atoms in total. The number of hydrogen-bond acceptors (Lipinski definition) is 5. The Hall–Kier alpha value is -2.96. The second-order valence-corrected chi connectivity index (χ2v) is 5.18. The number of hydrogen-bond donors (Lipinski definition) is 2. The Bertz CT molecular complexity index is 733. The zero-order chi connectivity index (χ0) is 15.7. The normalized spacial score (nSPS) is 19.5. The number of nitrogens with one attached hydrogen (secondary N) is 1. The summed E-state index contributed by atoms with van der Waals surface area (Å²) < 4.78 is 0. The second kappa shape index (κ2) is 5.44. The largest absolute Gasteiger partial charge is 0.502 e. The van der Waals surface area contributed by atoms with E-state index in [1.807, 2.05) is 12.1 Å². The number of nitro groups is 1. The molecule has 1 heterocycles. The SMILES string of the molecule is O=C(Nc1ccc(O)c([N+](=O)[O-])c1)C1CC1c1cccnc1. The van der Waals surface area contributed by atoms with E-state index in [0.29, 0.717) is 5.69 Å². The molecule has 0 aliphatic heterocycles. The lowest BCUT2D eigenvalue weighted by atomic mass is 10.1. The predicted octanol–water partition coefficient (Wildman–Crippen LogP) is 2.44. The summed E-state index contributed by atoms with van der Waals surface area (Å²) in [6.07, 6.45) is 4.15. The van der Waals surface area contributed by atoms with Crippen molar-refractivity contribution in [3.05, 3.63) is 58.4 Å². The van der Waals surface area contributed by atoms with E-state index >= 15 is 0 Å². The lowest BCUT2D eigenvalue weighted by Gasteiger charge is -2.05. The number of benzene rings is 1. The summed E-state index contributed by atoms with van der Waals surface area (Å²) in [5.74, 6) is -0.630. The van der Waals surface area contributed by atoms with Gasteiger partial charge in [-0.1, -0.05) is 6.07 Å². The van der Waals surface area contributed by atoms with Crippen LogP contribution in [0.3, 0.4) is 0 Å². The van der Waals surface area contributed by atoms with Gasteiger partial charge in [0, 0.05) is 30.1 Å². The Kier molecular flexibility index (Phi) is 3.46. The van der Waals surface area contributed by atoms with Gasteiger partial charge in [0.2, 0.25) is 5.91 Å². The molecule has 0 spiro atoms. The summed E-state index contributed by atoms with van der Waals surface area (Å²) in [7, 11) is 0. The average Bonchev–Trinajstić information content (AvgIpc) is 3.30. The second-order valence-electron chi connectivity index (χ2n) is 5.18. The van der Waals surface area contributed by atoms with Crippen LogP contribution in [-0.2, 0) is 4.79 Å². The molecule has 1 fully saturated rings. The monoisotopic (exact) mass is 299 g/mol. The van der Waals surface area contributed by atoms with E-state index < -0.39 is 16.4 Å². The summed E-state index contributed by atoms with van der Waals surface area (Å²) in [5, 5.41) is 22.8. The highest BCUT2D eigenvalue weighted by Gasteiger charge is 2.44. The van der Waals surface area contributed by atoms with Crippen LogP contribution < -0.4 is 5.32 Å². The Morgan fingerprint density at radius 3 is 2.91 bits per heavy atom. The number of nitrogens with zero attached hydrogens (tertiary/aromatic N) is 2. The van der Waals surface area contributed by atoms with E-state index in [2.05, 4.69) is 10.3 Å². The van der Waals surface area contributed by atoms with Crippen molar-refractivity contribution in [2.24, 2.45) is 5.92 Å². The molecule has 1 aliphatic carbocycles. The van der Waals surface area contributed by atoms with Crippen LogP contribution in [0.15, 0.2) is 42.7 Å². The number of anilines is 1. The first-order valence-electron chi connectivity index (χ1n) is 6.74. The number of phenolic OH excluding ortho intramolecular Hbond substituents is 1. The van der Waals surface area contributed by atoms with Gasteiger partial charge in [0.05, 0.1) is 4.92 Å². The van der Waals surface area contributed by atoms with Gasteiger partial charge in [-0.3, -0.25) is 19.9 Å². The number of rotatable bonds is 4. The van der Waals surface area contributed by atoms with Crippen molar-refractivity contribution in [1.29, 1.82) is 0 Å². The fraction of sp³-hybridized carbons (Fsp3) is 0.200. The number of pyridine rings is 1. The molecule has 2 atom stereocenters. The molecule has 1 amide bonds. The van der Waals surface area contributed by atoms with Crippen LogP contribution in [0.2, 0.25) is 0 Å². The maximum absolute atomic E-state index is 12.2. The quantitative estimate of drug-likeness (QED) is 0.512. The number of carbonyl (C=O) groups is 1. The van der Waals surface area contributed by atoms with E-state index in [0.717, 1.165) is 18.1 Å². The van der Waals surface area contributed by atoms with E-state index in [1.165, 1.54) is 12.1 Å². The number of amides is 1. The van der Waals surface area contributed by atoms with Crippen LogP contribution in [0.25, 0.3) is 0 Å². The number of carbonyl (C=O) groups excluding carboxylic acids is 1. The molecular weight excluding hydrogens is 286 g/mol. The number of nitro benzene ring substituents is 1. The third-order valence-corrected chi connectivity index (χ3v) is 3.68. The minimum absolute atomic E-state index is 0.140. The van der Waals surface area contributed by atoms with Gasteiger partial charge in [-0.05, 0) is 36.1 Å². The van der Waals surface area contributed by atoms with Crippen molar-refractivity contribution in [1.82, 2.24) is 4.98 Å². The summed E-state index contributed by atoms with van der Waals surface area (Å²) in [6, 6.07) is 7.53. The highest BCUT2D eigenvalue weighted by molar-refractivity contribution is 5.95. The molecule has 0 radical (unpaired) electrons. The van der Waals surface area contributed by atoms with Crippen molar-refractivity contribution < 1.29 is 14.8 Å². The standard InChI is InChI=1S/C15H13N3O4/c19-14-4-3-10(6-13(14)18(21)22)17-15(20)12-7-11(12)9-2-1-5-16-8-9/h1-6,8,11-12,19H,7H2,(H,17,20). The molecule has 0 saturated heterocycles. The van der Waals surface area contributed by atoms with Crippen molar-refractivity contribution in [3.8, 4) is 5.75 Å². The van der Waals surface area contributed by atoms with Gasteiger partial charge < -0.3 is 10.4 Å². The maximum Gasteiger partial charge on any atom is 0.312 e. The first kappa shape index (κ1) is 14.0. The highest BCUT2D eigenvalue weighted by atomic mass is 16.6. The summed E-state index contributed by atoms with van der Waals surface area (Å²) in [6.45, 7) is 0. The first-order valence-corrected chi connectivity index (χ1v) is 6.74. The number of phenols is 1. The lowest BCUT2D eigenvalue weighted by molar-refractivity contribution is -0.385. The minimum atomic E-state index is -0.694. The molecule has 0 bridgehead atoms. The van der Waals surface area contributed by atoms with Gasteiger partial charge in [-0.15, -0.1) is 0 Å². The lowest BCUT2D eigenvalue weighted by Crippen LogP contribution is -2.14. The molecule has 112 valence electrons. The van der Waals surface area contributed by atoms with E-state index in [-0.39, 0.29) is 17.7 Å². The van der Waals surface area contributed by atoms with Gasteiger partial charge in [0.25, 0.3) is 0 Å². The number of aromatic nitrogens is 1. The van der Waals surface area contributed by atoms with Crippen molar-refractivity contribution in [2.75, 3.05) is 5.32 Å². The molecule has 1 aromatic carbocycles. The highest BCUT2D eigenvalue weighted by Crippen LogP contribution is 2.47. The Labute approximate surface area is 125 Å². The molecule has 22 heavy (non-hydrogen) atoms. The molecule has 1 aromatic heterocycles. The molecule has 2 N–H and O–H groups in total. The van der Waals surface area contributed by atoms with E-state index in [1.54, 1.807) is 12.4 Å². The zero-order valence-electron chi connectivity index (χ0n) is 11.5. The molecule has 2 unspecified atom stereocenters. The van der Waals surface area contributed by atoms with E-state index in [9.17, 15) is 20.0 Å². The Morgan fingerprint density at radius 2 is 2.23 bits per heavy atom. The summed E-state index contributed by atoms with van der Waals surface area (Å²) in [4.78, 5) is 26.3. The average molecular weight is 299 g/mol. The topological polar surface area (TPSA) is 105 Å². The number of aromatic hydroxyl groups is 1. The fourth-order valence-corrected chi connectivity index (χ4v) is 2.43. The van der Waals surface area contributed by atoms with Crippen LogP contribution in [0.5, 0.6) is 5.75 Å². The van der Waals surface area contributed by atoms with Crippen molar-refractivity contribution in [3.63, 3.8) is 0 Å². The molecular formula is C15H13N3O4. The Morgan fingerprint density at radius 1 is 1.41 bits per heavy atom. The van der Waals surface area contributed by atoms with Crippen LogP contribution >= 0.6 is 0 Å². The van der Waals surface area contributed by atoms with Crippen LogP contribution in [0, 0.1) is 16.0 Å². The van der Waals surface area contributed by atoms with Gasteiger partial charge in [-0.2, -0.15) is 0 Å². The summed E-state index contributed by atoms with van der Waals surface area (Å²) >= 11 is 0. The maximum atomic E-state index is 12.2. The van der Waals surface area contributed by atoms with Crippen LogP contribution in [0.1, 0.15) is 17.9 Å². The third kappa shape index (κ3) is 2.73. The van der Waals surface area contributed by atoms with Crippen molar-refractivity contribution >= 4 is 17.3 Å². The van der Waals surface area contributed by atoms with Crippen molar-refractivity contribution in [2.45, 2.75) is 12.3 Å². The molecule has 1 saturated carbocycles. The van der Waals surface area contributed by atoms with Gasteiger partial charge in [-0.25, -0.2) is 0 Å². The smallest absolute Gasteiger partial charge is 0.312 e. The van der Waals surface area contributed by atoms with Gasteiger partial charge in [0.15, 0.2) is 5.75 Å². The molecule has 2 aromatic rings. The first-order chi connectivity index (χ1) is 10.6. The Balaban J connectivity index is 1.69. The zero-order valence-corrected chi connectivity index (χ0v) is 11.5. The predicted molar refractivity (Wildman–Crippen MR) is 78.5 cm³/mol. The van der Waals surface area contributed by atoms with Crippen LogP contribution in [0.4, 0.5) is 11.4 Å². The molecule has 7 heteroatoms. The molecule has 3 rings (SSSR count). The third-order valence-electron chi connectivity index (χ3n) is 3.68. The van der Waals surface area contributed by atoms with E-state index in [4.69, 9.17) is 0 Å².